The summed E-state index contributed by atoms with van der Waals surface area (Å²) in [6, 6.07) is 10.4. The third-order valence-corrected chi connectivity index (χ3v) is 2.55. The van der Waals surface area contributed by atoms with E-state index in [4.69, 9.17) is 4.42 Å². The Kier molecular flexibility index (Phi) is 4.52. The first kappa shape index (κ1) is 13.5. The standard InChI is InChI=1S/C14H15F2NO2/c1-10-5-6-13(18-10)9-17-8-11-3-2-4-12(7-11)19-14(15)16/h2-7,14,17H,8-9H2,1H3. The second kappa shape index (κ2) is 6.33. The average Bonchev–Trinajstić information content (AvgIpc) is 2.75. The van der Waals surface area contributed by atoms with Crippen LogP contribution in [0.25, 0.3) is 0 Å². The number of alkyl halides is 2. The molecular weight excluding hydrogens is 252 g/mol. The van der Waals surface area contributed by atoms with Crippen LogP contribution in [0.15, 0.2) is 40.8 Å². The Morgan fingerprint density at radius 2 is 2.05 bits per heavy atom. The zero-order valence-electron chi connectivity index (χ0n) is 10.5. The molecule has 5 heteroatoms. The number of hydrogen-bond donors (Lipinski definition) is 1. The van der Waals surface area contributed by atoms with Crippen LogP contribution < -0.4 is 10.1 Å². The lowest BCUT2D eigenvalue weighted by atomic mass is 10.2. The lowest BCUT2D eigenvalue weighted by molar-refractivity contribution is -0.0498. The van der Waals surface area contributed by atoms with Gasteiger partial charge in [0.25, 0.3) is 0 Å². The van der Waals surface area contributed by atoms with Crippen LogP contribution in [0, 0.1) is 6.92 Å². The maximum atomic E-state index is 12.1. The first-order chi connectivity index (χ1) is 9.13. The summed E-state index contributed by atoms with van der Waals surface area (Å²) in [5.74, 6) is 1.88. The molecule has 1 aromatic heterocycles. The number of nitrogens with one attached hydrogen (secondary N) is 1. The van der Waals surface area contributed by atoms with Crippen molar-refractivity contribution in [2.45, 2.75) is 26.6 Å². The van der Waals surface area contributed by atoms with Crippen molar-refractivity contribution in [3.63, 3.8) is 0 Å². The lowest BCUT2D eigenvalue weighted by Gasteiger charge is -2.07. The molecule has 2 rings (SSSR count). The molecule has 2 aromatic rings. The van der Waals surface area contributed by atoms with Gasteiger partial charge >= 0.3 is 6.61 Å². The summed E-state index contributed by atoms with van der Waals surface area (Å²) in [6.07, 6.45) is 0. The van der Waals surface area contributed by atoms with Gasteiger partial charge < -0.3 is 14.5 Å². The largest absolute Gasteiger partial charge is 0.465 e. The van der Waals surface area contributed by atoms with E-state index in [1.54, 1.807) is 12.1 Å². The topological polar surface area (TPSA) is 34.4 Å². The van der Waals surface area contributed by atoms with Gasteiger partial charge in [0.15, 0.2) is 0 Å². The SMILES string of the molecule is Cc1ccc(CNCc2cccc(OC(F)F)c2)o1. The lowest BCUT2D eigenvalue weighted by Crippen LogP contribution is -2.12. The smallest absolute Gasteiger partial charge is 0.387 e. The van der Waals surface area contributed by atoms with Gasteiger partial charge in [0.2, 0.25) is 0 Å². The fourth-order valence-corrected chi connectivity index (χ4v) is 1.74. The van der Waals surface area contributed by atoms with E-state index in [-0.39, 0.29) is 5.75 Å². The highest BCUT2D eigenvalue weighted by molar-refractivity contribution is 5.28. The molecule has 0 bridgehead atoms. The molecule has 102 valence electrons. The van der Waals surface area contributed by atoms with Crippen molar-refractivity contribution in [2.75, 3.05) is 0 Å². The number of rotatable bonds is 6. The fourth-order valence-electron chi connectivity index (χ4n) is 1.74. The average molecular weight is 267 g/mol. The molecule has 0 amide bonds. The number of aryl methyl sites for hydroxylation is 1. The maximum Gasteiger partial charge on any atom is 0.387 e. The second-order valence-corrected chi connectivity index (χ2v) is 4.14. The van der Waals surface area contributed by atoms with Crippen LogP contribution >= 0.6 is 0 Å². The van der Waals surface area contributed by atoms with Crippen molar-refractivity contribution in [2.24, 2.45) is 0 Å². The predicted octanol–water partition coefficient (Wildman–Crippen LogP) is 3.48. The molecule has 19 heavy (non-hydrogen) atoms. The number of halogens is 2. The zero-order valence-corrected chi connectivity index (χ0v) is 10.5. The molecule has 0 aliphatic carbocycles. The number of hydrogen-bond acceptors (Lipinski definition) is 3. The Bertz CT molecular complexity index is 526. The van der Waals surface area contributed by atoms with Crippen LogP contribution in [0.2, 0.25) is 0 Å². The fraction of sp³-hybridized carbons (Fsp3) is 0.286. The van der Waals surface area contributed by atoms with Crippen molar-refractivity contribution in [3.05, 3.63) is 53.5 Å². The molecule has 0 unspecified atom stereocenters. The third kappa shape index (κ3) is 4.37. The Hall–Kier alpha value is -1.88. The molecule has 0 spiro atoms. The minimum absolute atomic E-state index is 0.170. The molecule has 0 saturated carbocycles. The van der Waals surface area contributed by atoms with E-state index in [0.717, 1.165) is 17.1 Å². The highest BCUT2D eigenvalue weighted by Gasteiger charge is 2.04. The summed E-state index contributed by atoms with van der Waals surface area (Å²) in [7, 11) is 0. The minimum Gasteiger partial charge on any atom is -0.465 e. The van der Waals surface area contributed by atoms with Crippen LogP contribution in [0.1, 0.15) is 17.1 Å². The van der Waals surface area contributed by atoms with Gasteiger partial charge in [-0.25, -0.2) is 0 Å². The van der Waals surface area contributed by atoms with Crippen molar-refractivity contribution in [1.29, 1.82) is 0 Å². The number of ether oxygens (including phenoxy) is 1. The van der Waals surface area contributed by atoms with Gasteiger partial charge in [-0.1, -0.05) is 12.1 Å². The molecule has 0 atom stereocenters. The molecule has 1 N–H and O–H groups in total. The van der Waals surface area contributed by atoms with E-state index < -0.39 is 6.61 Å². The van der Waals surface area contributed by atoms with E-state index in [0.29, 0.717) is 13.1 Å². The molecule has 0 radical (unpaired) electrons. The summed E-state index contributed by atoms with van der Waals surface area (Å²) in [4.78, 5) is 0. The van der Waals surface area contributed by atoms with Gasteiger partial charge in [-0.3, -0.25) is 0 Å². The number of benzene rings is 1. The molecule has 3 nitrogen and oxygen atoms in total. The second-order valence-electron chi connectivity index (χ2n) is 4.14. The number of furan rings is 1. The van der Waals surface area contributed by atoms with E-state index in [2.05, 4.69) is 10.1 Å². The first-order valence-corrected chi connectivity index (χ1v) is 5.93. The Morgan fingerprint density at radius 1 is 1.21 bits per heavy atom. The van der Waals surface area contributed by atoms with Crippen molar-refractivity contribution < 1.29 is 17.9 Å². The summed E-state index contributed by atoms with van der Waals surface area (Å²) in [6.45, 7) is 0.233. The van der Waals surface area contributed by atoms with Crippen molar-refractivity contribution in [3.8, 4) is 5.75 Å². The van der Waals surface area contributed by atoms with Crippen molar-refractivity contribution in [1.82, 2.24) is 5.32 Å². The van der Waals surface area contributed by atoms with Gasteiger partial charge in [-0.2, -0.15) is 8.78 Å². The van der Waals surface area contributed by atoms with Gasteiger partial charge in [0.05, 0.1) is 6.54 Å². The summed E-state index contributed by atoms with van der Waals surface area (Å²) in [5.41, 5.74) is 0.876. The van der Waals surface area contributed by atoms with Gasteiger partial charge in [0.1, 0.15) is 17.3 Å². The third-order valence-electron chi connectivity index (χ3n) is 2.55. The maximum absolute atomic E-state index is 12.1. The van der Waals surface area contributed by atoms with E-state index in [1.165, 1.54) is 6.07 Å². The minimum atomic E-state index is -2.80. The highest BCUT2D eigenvalue weighted by atomic mass is 19.3. The first-order valence-electron chi connectivity index (χ1n) is 5.93. The quantitative estimate of drug-likeness (QED) is 0.870. The van der Waals surface area contributed by atoms with E-state index in [9.17, 15) is 8.78 Å². The molecule has 1 heterocycles. The highest BCUT2D eigenvalue weighted by Crippen LogP contribution is 2.16. The van der Waals surface area contributed by atoms with Crippen molar-refractivity contribution >= 4 is 0 Å². The molecule has 1 aromatic carbocycles. The monoisotopic (exact) mass is 267 g/mol. The van der Waals surface area contributed by atoms with Gasteiger partial charge in [-0.05, 0) is 36.8 Å². The molecule has 0 aliphatic heterocycles. The molecule has 0 fully saturated rings. The Balaban J connectivity index is 1.85. The normalized spacial score (nSPS) is 10.9. The van der Waals surface area contributed by atoms with E-state index in [1.807, 2.05) is 25.1 Å². The van der Waals surface area contributed by atoms with Gasteiger partial charge in [-0.15, -0.1) is 0 Å². The summed E-state index contributed by atoms with van der Waals surface area (Å²) in [5, 5.41) is 3.18. The molecule has 0 aliphatic rings. The van der Waals surface area contributed by atoms with Crippen LogP contribution in [0.4, 0.5) is 8.78 Å². The Labute approximate surface area is 110 Å². The summed E-state index contributed by atoms with van der Waals surface area (Å²) < 4.78 is 33.9. The summed E-state index contributed by atoms with van der Waals surface area (Å²) >= 11 is 0. The Morgan fingerprint density at radius 3 is 2.74 bits per heavy atom. The molecule has 0 saturated heterocycles. The van der Waals surface area contributed by atoms with Crippen LogP contribution in [-0.4, -0.2) is 6.61 Å². The zero-order chi connectivity index (χ0) is 13.7. The van der Waals surface area contributed by atoms with Crippen LogP contribution in [0.5, 0.6) is 5.75 Å². The van der Waals surface area contributed by atoms with Crippen LogP contribution in [-0.2, 0) is 13.1 Å². The molecular formula is C14H15F2NO2. The predicted molar refractivity (Wildman–Crippen MR) is 67.1 cm³/mol. The van der Waals surface area contributed by atoms with Crippen LogP contribution in [0.3, 0.4) is 0 Å². The van der Waals surface area contributed by atoms with Gasteiger partial charge in [0, 0.05) is 6.54 Å². The van der Waals surface area contributed by atoms with E-state index >= 15 is 0 Å².